The summed E-state index contributed by atoms with van der Waals surface area (Å²) in [6.07, 6.45) is 5.64. The average molecular weight is 352 g/mol. The number of pyridine rings is 2. The van der Waals surface area contributed by atoms with Crippen molar-refractivity contribution in [2.45, 2.75) is 0 Å². The first kappa shape index (κ1) is 16.7. The minimum Gasteiger partial charge on any atom is -0.333 e. The average Bonchev–Trinajstić information content (AvgIpc) is 2.67. The van der Waals surface area contributed by atoms with Gasteiger partial charge in [-0.15, -0.1) is 0 Å². The molecule has 26 heavy (non-hydrogen) atoms. The molecule has 0 aromatic carbocycles. The van der Waals surface area contributed by atoms with Crippen molar-refractivity contribution in [3.63, 3.8) is 0 Å². The van der Waals surface area contributed by atoms with Crippen LogP contribution < -0.4 is 16.2 Å². The number of carbonyl (C=O) groups is 1. The smallest absolute Gasteiger partial charge is 0.333 e. The second kappa shape index (κ2) is 7.61. The predicted octanol–water partition coefficient (Wildman–Crippen LogP) is 1.68. The molecule has 130 valence electrons. The van der Waals surface area contributed by atoms with Gasteiger partial charge in [-0.25, -0.2) is 9.97 Å². The van der Waals surface area contributed by atoms with Crippen LogP contribution in [0, 0.1) is 10.1 Å². The lowest BCUT2D eigenvalue weighted by Gasteiger charge is -2.10. The molecule has 3 aromatic heterocycles. The van der Waals surface area contributed by atoms with E-state index in [2.05, 4.69) is 36.1 Å². The zero-order valence-electron chi connectivity index (χ0n) is 13.2. The molecule has 0 unspecified atom stereocenters. The van der Waals surface area contributed by atoms with E-state index in [4.69, 9.17) is 0 Å². The van der Waals surface area contributed by atoms with Crippen LogP contribution >= 0.6 is 0 Å². The molecule has 1 amide bonds. The van der Waals surface area contributed by atoms with Gasteiger partial charge in [0.25, 0.3) is 5.91 Å². The van der Waals surface area contributed by atoms with Crippen molar-refractivity contribution >= 4 is 28.9 Å². The van der Waals surface area contributed by atoms with Crippen LogP contribution in [0.1, 0.15) is 10.5 Å². The molecule has 3 N–H and O–H groups in total. The van der Waals surface area contributed by atoms with Gasteiger partial charge in [-0.1, -0.05) is 6.07 Å². The van der Waals surface area contributed by atoms with E-state index in [1.165, 1.54) is 18.5 Å². The zero-order chi connectivity index (χ0) is 18.4. The van der Waals surface area contributed by atoms with E-state index in [0.29, 0.717) is 5.69 Å². The Bertz CT molecular complexity index is 921. The highest BCUT2D eigenvalue weighted by atomic mass is 16.6. The van der Waals surface area contributed by atoms with Crippen molar-refractivity contribution in [2.24, 2.45) is 0 Å². The van der Waals surface area contributed by atoms with Crippen LogP contribution in [0.5, 0.6) is 0 Å². The Balaban J connectivity index is 1.82. The standard InChI is InChI=1S/C15H12N8O3/c24-15(11-5-1-2-7-17-11)22-21-14-12(23(25)26)13(18-9-19-14)20-10-4-3-6-16-8-10/h1-9H,(H,22,24)(H2,18,19,20,21). The Morgan fingerprint density at radius 3 is 2.58 bits per heavy atom. The quantitative estimate of drug-likeness (QED) is 0.445. The first-order valence-corrected chi connectivity index (χ1v) is 7.29. The maximum absolute atomic E-state index is 12.0. The molecule has 11 nitrogen and oxygen atoms in total. The second-order valence-corrected chi connectivity index (χ2v) is 4.84. The van der Waals surface area contributed by atoms with Gasteiger partial charge < -0.3 is 5.32 Å². The Morgan fingerprint density at radius 1 is 1.04 bits per heavy atom. The van der Waals surface area contributed by atoms with Gasteiger partial charge in [-0.3, -0.25) is 35.7 Å². The summed E-state index contributed by atoms with van der Waals surface area (Å²) in [7, 11) is 0. The lowest BCUT2D eigenvalue weighted by molar-refractivity contribution is -0.383. The summed E-state index contributed by atoms with van der Waals surface area (Å²) in [6, 6.07) is 8.15. The van der Waals surface area contributed by atoms with Crippen LogP contribution in [0.4, 0.5) is 23.0 Å². The summed E-state index contributed by atoms with van der Waals surface area (Å²) in [5, 5.41) is 14.2. The van der Waals surface area contributed by atoms with Crippen molar-refractivity contribution in [3.05, 3.63) is 71.1 Å². The van der Waals surface area contributed by atoms with Crippen molar-refractivity contribution in [1.82, 2.24) is 25.4 Å². The number of hydrogen-bond donors (Lipinski definition) is 3. The molecule has 0 aliphatic rings. The molecule has 0 bridgehead atoms. The lowest BCUT2D eigenvalue weighted by atomic mass is 10.3. The molecule has 0 spiro atoms. The number of nitrogens with zero attached hydrogens (tertiary/aromatic N) is 5. The molecule has 0 fully saturated rings. The molecule has 3 aromatic rings. The Labute approximate surface area is 146 Å². The van der Waals surface area contributed by atoms with E-state index in [0.717, 1.165) is 6.33 Å². The third-order valence-corrected chi connectivity index (χ3v) is 3.12. The molecular formula is C15H12N8O3. The molecule has 0 radical (unpaired) electrons. The van der Waals surface area contributed by atoms with Crippen LogP contribution in [0.3, 0.4) is 0 Å². The maximum atomic E-state index is 12.0. The number of anilines is 3. The first-order chi connectivity index (χ1) is 12.6. The summed E-state index contributed by atoms with van der Waals surface area (Å²) in [6.45, 7) is 0. The molecule has 0 atom stereocenters. The summed E-state index contributed by atoms with van der Waals surface area (Å²) in [4.78, 5) is 38.3. The summed E-state index contributed by atoms with van der Waals surface area (Å²) < 4.78 is 0. The van der Waals surface area contributed by atoms with E-state index >= 15 is 0 Å². The van der Waals surface area contributed by atoms with Crippen LogP contribution in [0.15, 0.2) is 55.2 Å². The van der Waals surface area contributed by atoms with Gasteiger partial charge in [0.1, 0.15) is 12.0 Å². The van der Waals surface area contributed by atoms with E-state index in [1.807, 2.05) is 0 Å². The van der Waals surface area contributed by atoms with E-state index in [-0.39, 0.29) is 17.3 Å². The molecule has 0 aliphatic heterocycles. The van der Waals surface area contributed by atoms with E-state index < -0.39 is 16.5 Å². The minimum atomic E-state index is -0.659. The van der Waals surface area contributed by atoms with Gasteiger partial charge in [0.2, 0.25) is 11.6 Å². The molecular weight excluding hydrogens is 340 g/mol. The minimum absolute atomic E-state index is 0.0485. The Kier molecular flexibility index (Phi) is 4.89. The van der Waals surface area contributed by atoms with Crippen molar-refractivity contribution < 1.29 is 9.72 Å². The Morgan fingerprint density at radius 2 is 1.88 bits per heavy atom. The van der Waals surface area contributed by atoms with E-state index in [9.17, 15) is 14.9 Å². The molecule has 3 rings (SSSR count). The third kappa shape index (κ3) is 3.84. The maximum Gasteiger partial charge on any atom is 0.355 e. The fraction of sp³-hybridized carbons (Fsp3) is 0. The SMILES string of the molecule is O=C(NNc1ncnc(Nc2cccnc2)c1[N+](=O)[O-])c1ccccn1. The normalized spacial score (nSPS) is 10.0. The zero-order valence-corrected chi connectivity index (χ0v) is 13.2. The summed E-state index contributed by atoms with van der Waals surface area (Å²) >= 11 is 0. The largest absolute Gasteiger partial charge is 0.355 e. The highest BCUT2D eigenvalue weighted by Gasteiger charge is 2.23. The molecule has 0 aliphatic carbocycles. The molecule has 11 heteroatoms. The number of rotatable bonds is 6. The van der Waals surface area contributed by atoms with Crippen LogP contribution in [0.2, 0.25) is 0 Å². The monoisotopic (exact) mass is 352 g/mol. The number of carbonyl (C=O) groups excluding carboxylic acids is 1. The van der Waals surface area contributed by atoms with Gasteiger partial charge >= 0.3 is 5.69 Å². The van der Waals surface area contributed by atoms with Crippen LogP contribution in [-0.2, 0) is 0 Å². The number of nitrogens with one attached hydrogen (secondary N) is 3. The summed E-state index contributed by atoms with van der Waals surface area (Å²) in [5.41, 5.74) is 4.97. The number of hydrogen-bond acceptors (Lipinski definition) is 9. The van der Waals surface area contributed by atoms with Gasteiger partial charge in [0, 0.05) is 12.4 Å². The molecule has 0 saturated carbocycles. The first-order valence-electron chi connectivity index (χ1n) is 7.29. The fourth-order valence-electron chi connectivity index (χ4n) is 1.99. The number of aromatic nitrogens is 4. The molecule has 3 heterocycles. The third-order valence-electron chi connectivity index (χ3n) is 3.12. The van der Waals surface area contributed by atoms with Gasteiger partial charge in [-0.05, 0) is 24.3 Å². The van der Waals surface area contributed by atoms with Gasteiger partial charge in [0.15, 0.2) is 0 Å². The topological polar surface area (TPSA) is 148 Å². The van der Waals surface area contributed by atoms with Gasteiger partial charge in [-0.2, -0.15) is 0 Å². The van der Waals surface area contributed by atoms with Gasteiger partial charge in [0.05, 0.1) is 16.8 Å². The lowest BCUT2D eigenvalue weighted by Crippen LogP contribution is -2.31. The molecule has 0 saturated heterocycles. The Hall–Kier alpha value is -4.15. The fourth-order valence-corrected chi connectivity index (χ4v) is 1.99. The van der Waals surface area contributed by atoms with Crippen molar-refractivity contribution in [3.8, 4) is 0 Å². The second-order valence-electron chi connectivity index (χ2n) is 4.84. The number of nitro groups is 1. The van der Waals surface area contributed by atoms with Crippen molar-refractivity contribution in [2.75, 3.05) is 10.7 Å². The van der Waals surface area contributed by atoms with Crippen LogP contribution in [-0.4, -0.2) is 30.8 Å². The van der Waals surface area contributed by atoms with Crippen molar-refractivity contribution in [1.29, 1.82) is 0 Å². The van der Waals surface area contributed by atoms with E-state index in [1.54, 1.807) is 30.5 Å². The highest BCUT2D eigenvalue weighted by Crippen LogP contribution is 2.30. The predicted molar refractivity (Wildman–Crippen MR) is 91.5 cm³/mol. The van der Waals surface area contributed by atoms with Crippen LogP contribution in [0.25, 0.3) is 0 Å². The number of amides is 1. The number of hydrazine groups is 1. The highest BCUT2D eigenvalue weighted by molar-refractivity contribution is 5.93. The summed E-state index contributed by atoms with van der Waals surface area (Å²) in [5.74, 6) is -0.798.